The van der Waals surface area contributed by atoms with E-state index < -0.39 is 10.9 Å². The maximum atomic E-state index is 11.3. The molecule has 0 unspecified atom stereocenters. The second-order valence-electron chi connectivity index (χ2n) is 3.84. The molecule has 0 bridgehead atoms. The summed E-state index contributed by atoms with van der Waals surface area (Å²) in [5, 5.41) is 19.0. The normalized spacial score (nSPS) is 11.8. The molecule has 0 fully saturated rings. The van der Waals surface area contributed by atoms with Gasteiger partial charge in [0, 0.05) is 18.2 Å². The number of benzene rings is 1. The second kappa shape index (κ2) is 6.91. The molecular formula is C13H12N2O4. The minimum atomic E-state index is -0.555. The highest BCUT2D eigenvalue weighted by Crippen LogP contribution is 2.12. The number of hydrogen-bond acceptors (Lipinski definition) is 5. The van der Waals surface area contributed by atoms with E-state index in [1.807, 2.05) is 6.07 Å². The van der Waals surface area contributed by atoms with Crippen molar-refractivity contribution in [3.8, 4) is 6.07 Å². The van der Waals surface area contributed by atoms with Crippen molar-refractivity contribution >= 4 is 17.7 Å². The Kier molecular flexibility index (Phi) is 5.23. The lowest BCUT2D eigenvalue weighted by molar-refractivity contribution is -0.384. The van der Waals surface area contributed by atoms with Crippen LogP contribution in [-0.2, 0) is 9.53 Å². The van der Waals surface area contributed by atoms with Crippen molar-refractivity contribution in [3.05, 3.63) is 46.0 Å². The zero-order valence-electron chi connectivity index (χ0n) is 10.3. The number of hydrogen-bond donors (Lipinski definition) is 0. The van der Waals surface area contributed by atoms with E-state index in [1.165, 1.54) is 36.4 Å². The van der Waals surface area contributed by atoms with E-state index in [1.54, 1.807) is 6.92 Å². The molecule has 0 heterocycles. The number of nitrogens with zero attached hydrogens (tertiary/aromatic N) is 2. The van der Waals surface area contributed by atoms with Crippen molar-refractivity contribution in [2.75, 3.05) is 6.61 Å². The summed E-state index contributed by atoms with van der Waals surface area (Å²) in [4.78, 5) is 21.2. The van der Waals surface area contributed by atoms with Crippen molar-refractivity contribution in [1.82, 2.24) is 0 Å². The summed E-state index contributed by atoms with van der Waals surface area (Å²) in [6, 6.07) is 7.70. The minimum absolute atomic E-state index is 0.0115. The van der Waals surface area contributed by atoms with E-state index in [9.17, 15) is 14.9 Å². The van der Waals surface area contributed by atoms with Crippen LogP contribution in [0.4, 0.5) is 5.69 Å². The number of nitro benzene ring substituents is 1. The van der Waals surface area contributed by atoms with Gasteiger partial charge in [0.05, 0.1) is 16.9 Å². The molecule has 98 valence electrons. The zero-order valence-corrected chi connectivity index (χ0v) is 10.3. The fourth-order valence-corrected chi connectivity index (χ4v) is 1.16. The van der Waals surface area contributed by atoms with Crippen LogP contribution in [0.15, 0.2) is 30.3 Å². The number of non-ortho nitro benzene ring substituents is 1. The number of esters is 1. The van der Waals surface area contributed by atoms with Gasteiger partial charge in [0.25, 0.3) is 5.69 Å². The van der Waals surface area contributed by atoms with E-state index in [0.29, 0.717) is 5.56 Å². The molecule has 0 aliphatic carbocycles. The van der Waals surface area contributed by atoms with E-state index >= 15 is 0 Å². The molecule has 0 amide bonds. The predicted molar refractivity (Wildman–Crippen MR) is 67.9 cm³/mol. The van der Waals surface area contributed by atoms with Gasteiger partial charge in [0.1, 0.15) is 6.61 Å². The Bertz CT molecular complexity index is 529. The molecule has 1 aromatic carbocycles. The van der Waals surface area contributed by atoms with Crippen LogP contribution < -0.4 is 0 Å². The minimum Gasteiger partial charge on any atom is -0.461 e. The maximum absolute atomic E-state index is 11.3. The molecule has 1 aromatic rings. The van der Waals surface area contributed by atoms with Crippen LogP contribution in [0.1, 0.15) is 12.5 Å². The van der Waals surface area contributed by atoms with Gasteiger partial charge in [0.2, 0.25) is 0 Å². The fraction of sp³-hybridized carbons (Fsp3) is 0.231. The first-order valence-electron chi connectivity index (χ1n) is 5.52. The molecule has 0 aromatic heterocycles. The topological polar surface area (TPSA) is 93.2 Å². The molecule has 1 atom stereocenters. The molecule has 1 rings (SSSR count). The molecule has 0 aliphatic heterocycles. The van der Waals surface area contributed by atoms with E-state index in [4.69, 9.17) is 10.00 Å². The Hall–Kier alpha value is -2.68. The Morgan fingerprint density at radius 3 is 2.68 bits per heavy atom. The number of rotatable bonds is 5. The van der Waals surface area contributed by atoms with Gasteiger partial charge in [-0.05, 0) is 30.7 Å². The summed E-state index contributed by atoms with van der Waals surface area (Å²) in [5.41, 5.74) is 0.637. The number of nitriles is 1. The van der Waals surface area contributed by atoms with Crippen LogP contribution in [0, 0.1) is 27.4 Å². The third-order valence-electron chi connectivity index (χ3n) is 2.21. The molecule has 6 heteroatoms. The van der Waals surface area contributed by atoms with E-state index in [2.05, 4.69) is 0 Å². The van der Waals surface area contributed by atoms with E-state index in [-0.39, 0.29) is 18.2 Å². The summed E-state index contributed by atoms with van der Waals surface area (Å²) in [5.74, 6) is -0.905. The van der Waals surface area contributed by atoms with Crippen molar-refractivity contribution < 1.29 is 14.5 Å². The van der Waals surface area contributed by atoms with Gasteiger partial charge < -0.3 is 4.74 Å². The van der Waals surface area contributed by atoms with Gasteiger partial charge >= 0.3 is 5.97 Å². The van der Waals surface area contributed by atoms with Gasteiger partial charge in [-0.1, -0.05) is 0 Å². The lowest BCUT2D eigenvalue weighted by Gasteiger charge is -2.02. The van der Waals surface area contributed by atoms with Gasteiger partial charge in [-0.15, -0.1) is 0 Å². The molecule has 19 heavy (non-hydrogen) atoms. The summed E-state index contributed by atoms with van der Waals surface area (Å²) in [7, 11) is 0. The van der Waals surface area contributed by atoms with Crippen molar-refractivity contribution in [2.24, 2.45) is 5.92 Å². The molecule has 0 saturated heterocycles. The van der Waals surface area contributed by atoms with E-state index in [0.717, 1.165) is 0 Å². The largest absolute Gasteiger partial charge is 0.461 e. The average Bonchev–Trinajstić information content (AvgIpc) is 2.42. The first-order valence-corrected chi connectivity index (χ1v) is 5.52. The lowest BCUT2D eigenvalue weighted by atomic mass is 10.2. The Morgan fingerprint density at radius 1 is 1.53 bits per heavy atom. The number of ether oxygens (including phenoxy) is 1. The van der Waals surface area contributed by atoms with Crippen LogP contribution in [0.5, 0.6) is 0 Å². The third kappa shape index (κ3) is 5.00. The first kappa shape index (κ1) is 14.4. The van der Waals surface area contributed by atoms with Gasteiger partial charge in [-0.3, -0.25) is 10.1 Å². The van der Waals surface area contributed by atoms with Crippen molar-refractivity contribution in [1.29, 1.82) is 5.26 Å². The maximum Gasteiger partial charge on any atom is 0.330 e. The van der Waals surface area contributed by atoms with Gasteiger partial charge in [-0.25, -0.2) is 4.79 Å². The molecule has 0 aliphatic rings. The molecular weight excluding hydrogens is 248 g/mol. The van der Waals surface area contributed by atoms with Gasteiger partial charge in [-0.2, -0.15) is 5.26 Å². The number of carbonyl (C=O) groups excluding carboxylic acids is 1. The van der Waals surface area contributed by atoms with Crippen LogP contribution in [0.25, 0.3) is 6.08 Å². The van der Waals surface area contributed by atoms with Crippen LogP contribution in [0.3, 0.4) is 0 Å². The highest BCUT2D eigenvalue weighted by atomic mass is 16.6. The summed E-state index contributed by atoms with van der Waals surface area (Å²) in [6.45, 7) is 1.69. The van der Waals surface area contributed by atoms with Gasteiger partial charge in [0.15, 0.2) is 0 Å². The standard InChI is InChI=1S/C13H12N2O4/c1-10(8-14)9-19-13(16)7-4-11-2-5-12(6-3-11)15(17)18/h2-7,10H,9H2,1H3/b7-4+/t10-/m0/s1. The summed E-state index contributed by atoms with van der Waals surface area (Å²) >= 11 is 0. The Balaban J connectivity index is 2.54. The number of nitro groups is 1. The smallest absolute Gasteiger partial charge is 0.330 e. The average molecular weight is 260 g/mol. The molecule has 0 radical (unpaired) electrons. The zero-order chi connectivity index (χ0) is 14.3. The fourth-order valence-electron chi connectivity index (χ4n) is 1.16. The molecule has 0 saturated carbocycles. The second-order valence-corrected chi connectivity index (χ2v) is 3.84. The van der Waals surface area contributed by atoms with Crippen LogP contribution in [-0.4, -0.2) is 17.5 Å². The quantitative estimate of drug-likeness (QED) is 0.350. The highest BCUT2D eigenvalue weighted by molar-refractivity contribution is 5.87. The molecule has 6 nitrogen and oxygen atoms in total. The summed E-state index contributed by atoms with van der Waals surface area (Å²) in [6.07, 6.45) is 2.70. The number of carbonyl (C=O) groups is 1. The Morgan fingerprint density at radius 2 is 2.16 bits per heavy atom. The highest BCUT2D eigenvalue weighted by Gasteiger charge is 2.04. The Labute approximate surface area is 110 Å². The first-order chi connectivity index (χ1) is 9.02. The van der Waals surface area contributed by atoms with Crippen molar-refractivity contribution in [3.63, 3.8) is 0 Å². The SMILES string of the molecule is C[C@@H](C#N)COC(=O)/C=C/c1ccc([N+](=O)[O-])cc1. The van der Waals surface area contributed by atoms with Crippen LogP contribution >= 0.6 is 0 Å². The summed E-state index contributed by atoms with van der Waals surface area (Å²) < 4.78 is 4.82. The molecule has 0 spiro atoms. The predicted octanol–water partition coefficient (Wildman–Crippen LogP) is 2.31. The lowest BCUT2D eigenvalue weighted by Crippen LogP contribution is -2.08. The molecule has 0 N–H and O–H groups in total. The van der Waals surface area contributed by atoms with Crippen LogP contribution in [0.2, 0.25) is 0 Å². The van der Waals surface area contributed by atoms with Crippen molar-refractivity contribution in [2.45, 2.75) is 6.92 Å². The third-order valence-corrected chi connectivity index (χ3v) is 2.21. The monoisotopic (exact) mass is 260 g/mol.